The van der Waals surface area contributed by atoms with E-state index < -0.39 is 0 Å². The molecule has 2 aromatic carbocycles. The molecular formula is C23H30N2O3. The molecule has 5 nitrogen and oxygen atoms in total. The molecule has 5 heteroatoms. The second kappa shape index (κ2) is 9.60. The van der Waals surface area contributed by atoms with Gasteiger partial charge in [0.2, 0.25) is 0 Å². The minimum absolute atomic E-state index is 0.176. The third-order valence-corrected chi connectivity index (χ3v) is 5.50. The Balaban J connectivity index is 1.75. The largest absolute Gasteiger partial charge is 0.497 e. The van der Waals surface area contributed by atoms with E-state index in [9.17, 15) is 4.79 Å². The highest BCUT2D eigenvalue weighted by atomic mass is 16.5. The predicted octanol–water partition coefficient (Wildman–Crippen LogP) is 4.72. The standard InChI is InChI=1S/C23H30N2O3/c1-25(19-10-5-4-6-11-19)16-17-9-7-8-12-22(17)24-23(26)18-13-20(27-2)15-21(14-18)28-3/h7-9,12-15,19H,4-6,10-11,16H2,1-3H3,(H,24,26). The van der Waals surface area contributed by atoms with Crippen molar-refractivity contribution in [2.24, 2.45) is 0 Å². The van der Waals surface area contributed by atoms with Gasteiger partial charge >= 0.3 is 0 Å². The monoisotopic (exact) mass is 382 g/mol. The fourth-order valence-corrected chi connectivity index (χ4v) is 3.83. The lowest BCUT2D eigenvalue weighted by molar-refractivity contribution is 0.102. The maximum absolute atomic E-state index is 12.9. The van der Waals surface area contributed by atoms with Crippen molar-refractivity contribution in [3.63, 3.8) is 0 Å². The van der Waals surface area contributed by atoms with Crippen LogP contribution in [-0.2, 0) is 6.54 Å². The molecule has 0 spiro atoms. The Labute approximate surface area is 167 Å². The Morgan fingerprint density at radius 1 is 1.04 bits per heavy atom. The quantitative estimate of drug-likeness (QED) is 0.753. The number of carbonyl (C=O) groups is 1. The number of amides is 1. The Kier molecular flexibility index (Phi) is 6.93. The number of carbonyl (C=O) groups excluding carboxylic acids is 1. The van der Waals surface area contributed by atoms with Crippen LogP contribution in [0.2, 0.25) is 0 Å². The van der Waals surface area contributed by atoms with Crippen molar-refractivity contribution < 1.29 is 14.3 Å². The molecule has 0 aromatic heterocycles. The third kappa shape index (κ3) is 5.04. The molecular weight excluding hydrogens is 352 g/mol. The first-order chi connectivity index (χ1) is 13.6. The van der Waals surface area contributed by atoms with Crippen molar-refractivity contribution >= 4 is 11.6 Å². The molecule has 0 bridgehead atoms. The van der Waals surface area contributed by atoms with Crippen LogP contribution in [-0.4, -0.2) is 38.1 Å². The van der Waals surface area contributed by atoms with Gasteiger partial charge in [-0.15, -0.1) is 0 Å². The maximum atomic E-state index is 12.9. The Hall–Kier alpha value is -2.53. The summed E-state index contributed by atoms with van der Waals surface area (Å²) in [6.45, 7) is 0.822. The highest BCUT2D eigenvalue weighted by molar-refractivity contribution is 6.05. The number of nitrogens with one attached hydrogen (secondary N) is 1. The summed E-state index contributed by atoms with van der Waals surface area (Å²) in [4.78, 5) is 15.3. The van der Waals surface area contributed by atoms with Crippen molar-refractivity contribution in [1.29, 1.82) is 0 Å². The van der Waals surface area contributed by atoms with E-state index >= 15 is 0 Å². The fourth-order valence-electron chi connectivity index (χ4n) is 3.83. The van der Waals surface area contributed by atoms with Crippen LogP contribution in [0.1, 0.15) is 48.0 Å². The average Bonchev–Trinajstić information content (AvgIpc) is 2.75. The van der Waals surface area contributed by atoms with Gasteiger partial charge in [0.25, 0.3) is 5.91 Å². The zero-order chi connectivity index (χ0) is 19.9. The second-order valence-electron chi connectivity index (χ2n) is 7.42. The predicted molar refractivity (Wildman–Crippen MR) is 112 cm³/mol. The summed E-state index contributed by atoms with van der Waals surface area (Å²) >= 11 is 0. The zero-order valence-electron chi connectivity index (χ0n) is 17.0. The van der Waals surface area contributed by atoms with Crippen molar-refractivity contribution in [2.75, 3.05) is 26.6 Å². The molecule has 1 amide bonds. The fraction of sp³-hybridized carbons (Fsp3) is 0.435. The molecule has 1 fully saturated rings. The van der Waals surface area contributed by atoms with E-state index in [1.807, 2.05) is 18.2 Å². The molecule has 0 unspecified atom stereocenters. The van der Waals surface area contributed by atoms with Gasteiger partial charge in [0.05, 0.1) is 14.2 Å². The van der Waals surface area contributed by atoms with Gasteiger partial charge in [0.1, 0.15) is 11.5 Å². The van der Waals surface area contributed by atoms with Crippen LogP contribution < -0.4 is 14.8 Å². The molecule has 0 saturated heterocycles. The molecule has 1 aliphatic carbocycles. The van der Waals surface area contributed by atoms with Crippen LogP contribution in [0, 0.1) is 0 Å². The normalized spacial score (nSPS) is 14.7. The molecule has 3 rings (SSSR count). The maximum Gasteiger partial charge on any atom is 0.255 e. The first-order valence-corrected chi connectivity index (χ1v) is 9.93. The van der Waals surface area contributed by atoms with Gasteiger partial charge in [0, 0.05) is 29.9 Å². The molecule has 28 heavy (non-hydrogen) atoms. The Bertz CT molecular complexity index is 778. The number of methoxy groups -OCH3 is 2. The van der Waals surface area contributed by atoms with Gasteiger partial charge in [-0.25, -0.2) is 0 Å². The topological polar surface area (TPSA) is 50.8 Å². The summed E-state index contributed by atoms with van der Waals surface area (Å²) in [7, 11) is 5.33. The first kappa shape index (κ1) is 20.2. The molecule has 0 radical (unpaired) electrons. The molecule has 0 aliphatic heterocycles. The molecule has 1 aliphatic rings. The van der Waals surface area contributed by atoms with Crippen LogP contribution in [0.4, 0.5) is 5.69 Å². The highest BCUT2D eigenvalue weighted by Gasteiger charge is 2.19. The summed E-state index contributed by atoms with van der Waals surface area (Å²) in [5.74, 6) is 1.01. The average molecular weight is 383 g/mol. The summed E-state index contributed by atoms with van der Waals surface area (Å²) < 4.78 is 10.5. The van der Waals surface area contributed by atoms with Gasteiger partial charge in [-0.2, -0.15) is 0 Å². The van der Waals surface area contributed by atoms with Crippen molar-refractivity contribution in [2.45, 2.75) is 44.7 Å². The van der Waals surface area contributed by atoms with E-state index in [1.165, 1.54) is 32.1 Å². The Morgan fingerprint density at radius 3 is 2.32 bits per heavy atom. The van der Waals surface area contributed by atoms with E-state index in [2.05, 4.69) is 23.3 Å². The van der Waals surface area contributed by atoms with Crippen LogP contribution >= 0.6 is 0 Å². The minimum Gasteiger partial charge on any atom is -0.497 e. The number of benzene rings is 2. The van der Waals surface area contributed by atoms with Crippen LogP contribution in [0.5, 0.6) is 11.5 Å². The van der Waals surface area contributed by atoms with Gasteiger partial charge in [-0.05, 0) is 43.7 Å². The van der Waals surface area contributed by atoms with Gasteiger partial charge in [-0.1, -0.05) is 37.5 Å². The lowest BCUT2D eigenvalue weighted by Crippen LogP contribution is -2.33. The van der Waals surface area contributed by atoms with E-state index in [1.54, 1.807) is 32.4 Å². The molecule has 2 aromatic rings. The van der Waals surface area contributed by atoms with Crippen LogP contribution in [0.3, 0.4) is 0 Å². The number of hydrogen-bond donors (Lipinski definition) is 1. The van der Waals surface area contributed by atoms with Gasteiger partial charge < -0.3 is 14.8 Å². The van der Waals surface area contributed by atoms with E-state index in [4.69, 9.17) is 9.47 Å². The summed E-state index contributed by atoms with van der Waals surface area (Å²) in [5.41, 5.74) is 2.47. The molecule has 150 valence electrons. The van der Waals surface area contributed by atoms with E-state index in [-0.39, 0.29) is 5.91 Å². The number of rotatable bonds is 7. The number of para-hydroxylation sites is 1. The Morgan fingerprint density at radius 2 is 1.68 bits per heavy atom. The molecule has 0 heterocycles. The second-order valence-corrected chi connectivity index (χ2v) is 7.42. The zero-order valence-corrected chi connectivity index (χ0v) is 17.0. The number of nitrogens with zero attached hydrogens (tertiary/aromatic N) is 1. The molecule has 0 atom stereocenters. The van der Waals surface area contributed by atoms with Gasteiger partial charge in [0.15, 0.2) is 0 Å². The van der Waals surface area contributed by atoms with E-state index in [0.717, 1.165) is 17.8 Å². The van der Waals surface area contributed by atoms with Crippen molar-refractivity contribution in [3.8, 4) is 11.5 Å². The summed E-state index contributed by atoms with van der Waals surface area (Å²) in [6, 6.07) is 13.8. The lowest BCUT2D eigenvalue weighted by Gasteiger charge is -2.31. The highest BCUT2D eigenvalue weighted by Crippen LogP contribution is 2.26. The number of hydrogen-bond acceptors (Lipinski definition) is 4. The van der Waals surface area contributed by atoms with E-state index in [0.29, 0.717) is 23.1 Å². The number of anilines is 1. The van der Waals surface area contributed by atoms with Gasteiger partial charge in [-0.3, -0.25) is 9.69 Å². The SMILES string of the molecule is COc1cc(OC)cc(C(=O)Nc2ccccc2CN(C)C2CCCCC2)c1. The summed E-state index contributed by atoms with van der Waals surface area (Å²) in [6.07, 6.45) is 6.49. The summed E-state index contributed by atoms with van der Waals surface area (Å²) in [5, 5.41) is 3.06. The van der Waals surface area contributed by atoms with Crippen molar-refractivity contribution in [3.05, 3.63) is 53.6 Å². The van der Waals surface area contributed by atoms with Crippen LogP contribution in [0.25, 0.3) is 0 Å². The lowest BCUT2D eigenvalue weighted by atomic mass is 9.94. The molecule has 1 saturated carbocycles. The minimum atomic E-state index is -0.176. The third-order valence-electron chi connectivity index (χ3n) is 5.50. The first-order valence-electron chi connectivity index (χ1n) is 9.93. The number of ether oxygens (including phenoxy) is 2. The van der Waals surface area contributed by atoms with Crippen molar-refractivity contribution in [1.82, 2.24) is 4.90 Å². The smallest absolute Gasteiger partial charge is 0.255 e. The molecule has 1 N–H and O–H groups in total. The van der Waals surface area contributed by atoms with Crippen LogP contribution in [0.15, 0.2) is 42.5 Å².